The largest absolute Gasteiger partial charge is 0.506 e. The smallest absolute Gasteiger partial charge is 0.283 e. The van der Waals surface area contributed by atoms with E-state index in [1.54, 1.807) is 79.0 Å². The predicted octanol–water partition coefficient (Wildman–Crippen LogP) is 4.25. The number of aromatic nitrogens is 2. The normalized spacial score (nSPS) is 12.1. The van der Waals surface area contributed by atoms with E-state index in [0.29, 0.717) is 16.8 Å². The van der Waals surface area contributed by atoms with E-state index in [2.05, 4.69) is 9.98 Å². The van der Waals surface area contributed by atoms with Crippen LogP contribution in [0.3, 0.4) is 0 Å². The number of allylic oxidation sites excluding steroid dienone is 1. The molecule has 30 heavy (non-hydrogen) atoms. The molecule has 0 fully saturated rings. The third-order valence-corrected chi connectivity index (χ3v) is 4.51. The zero-order chi connectivity index (χ0) is 20.9. The molecule has 4 rings (SSSR count). The number of hydrogen-bond acceptors (Lipinski definition) is 5. The van der Waals surface area contributed by atoms with Gasteiger partial charge in [-0.15, -0.1) is 0 Å². The second-order valence-corrected chi connectivity index (χ2v) is 6.46. The van der Waals surface area contributed by atoms with Crippen LogP contribution in [0.15, 0.2) is 107 Å². The van der Waals surface area contributed by atoms with Gasteiger partial charge >= 0.3 is 0 Å². The first-order valence-electron chi connectivity index (χ1n) is 9.24. The maximum absolute atomic E-state index is 13.1. The number of nitrogens with zero attached hydrogens (tertiary/aromatic N) is 3. The van der Waals surface area contributed by atoms with Crippen LogP contribution in [0.25, 0.3) is 11.4 Å². The Morgan fingerprint density at radius 1 is 0.900 bits per heavy atom. The van der Waals surface area contributed by atoms with E-state index in [4.69, 9.17) is 0 Å². The molecular formula is C24H17N3O3. The Balaban J connectivity index is 1.82. The average molecular weight is 395 g/mol. The first kappa shape index (κ1) is 19.0. The zero-order valence-electron chi connectivity index (χ0n) is 15.8. The topological polar surface area (TPSA) is 84.0 Å². The Labute approximate surface area is 172 Å². The van der Waals surface area contributed by atoms with Gasteiger partial charge in [0.2, 0.25) is 0 Å². The van der Waals surface area contributed by atoms with Crippen molar-refractivity contribution in [3.8, 4) is 0 Å². The Morgan fingerprint density at radius 2 is 1.53 bits per heavy atom. The van der Waals surface area contributed by atoms with Crippen LogP contribution >= 0.6 is 0 Å². The van der Waals surface area contributed by atoms with E-state index in [9.17, 15) is 14.7 Å². The molecule has 0 atom stereocenters. The van der Waals surface area contributed by atoms with Crippen LogP contribution in [-0.4, -0.2) is 26.5 Å². The molecule has 146 valence electrons. The fourth-order valence-electron chi connectivity index (χ4n) is 2.96. The van der Waals surface area contributed by atoms with Crippen molar-refractivity contribution in [3.63, 3.8) is 0 Å². The highest BCUT2D eigenvalue weighted by Crippen LogP contribution is 2.19. The van der Waals surface area contributed by atoms with Crippen LogP contribution in [0.5, 0.6) is 0 Å². The van der Waals surface area contributed by atoms with Crippen molar-refractivity contribution in [2.45, 2.75) is 0 Å². The lowest BCUT2D eigenvalue weighted by atomic mass is 10.0. The summed E-state index contributed by atoms with van der Waals surface area (Å²) in [5, 5.41) is 10.8. The average Bonchev–Trinajstić information content (AvgIpc) is 2.81. The number of fused-ring (bicyclic) bond motifs is 1. The van der Waals surface area contributed by atoms with Crippen molar-refractivity contribution in [1.29, 1.82) is 0 Å². The molecule has 1 N–H and O–H groups in total. The number of carbonyl (C=O) groups excluding carboxylic acids is 1. The maximum atomic E-state index is 13.1. The van der Waals surface area contributed by atoms with Crippen LogP contribution < -0.4 is 5.56 Å². The number of aliphatic imine (C=N–C) groups is 1. The number of hydrogen-bond donors (Lipinski definition) is 1. The molecule has 2 aromatic carbocycles. The molecule has 0 aliphatic rings. The van der Waals surface area contributed by atoms with E-state index >= 15 is 0 Å². The van der Waals surface area contributed by atoms with E-state index in [1.807, 2.05) is 6.07 Å². The highest BCUT2D eigenvalue weighted by atomic mass is 16.3. The van der Waals surface area contributed by atoms with Crippen LogP contribution in [0.2, 0.25) is 0 Å². The summed E-state index contributed by atoms with van der Waals surface area (Å²) in [5.74, 6) is -0.628. The summed E-state index contributed by atoms with van der Waals surface area (Å²) in [6.07, 6.45) is 4.15. The van der Waals surface area contributed by atoms with Gasteiger partial charge in [-0.3, -0.25) is 14.0 Å². The molecule has 0 aliphatic heterocycles. The molecule has 0 amide bonds. The van der Waals surface area contributed by atoms with Crippen molar-refractivity contribution >= 4 is 29.1 Å². The SMILES string of the molecule is O=C(/C(C=Nc1cnc2ccccn2c1=O)=C(/O)c1ccccc1)c1ccccc1. The highest BCUT2D eigenvalue weighted by Gasteiger charge is 2.17. The summed E-state index contributed by atoms with van der Waals surface area (Å²) < 4.78 is 1.37. The van der Waals surface area contributed by atoms with Gasteiger partial charge in [0.25, 0.3) is 5.56 Å². The number of aliphatic hydroxyl groups excluding tert-OH is 1. The van der Waals surface area contributed by atoms with Gasteiger partial charge in [-0.05, 0) is 12.1 Å². The van der Waals surface area contributed by atoms with Gasteiger partial charge in [-0.1, -0.05) is 66.7 Å². The van der Waals surface area contributed by atoms with Crippen LogP contribution in [0.4, 0.5) is 5.69 Å². The standard InChI is InChI=1S/C24H17N3O3/c28-22(17-9-3-1-4-10-17)19(23(29)18-11-5-2-6-12-18)15-25-20-16-26-21-13-7-8-14-27(21)24(20)30/h1-16,28H/b22-19+,25-15?. The first-order valence-corrected chi connectivity index (χ1v) is 9.24. The van der Waals surface area contributed by atoms with E-state index in [1.165, 1.54) is 16.8 Å². The second-order valence-electron chi connectivity index (χ2n) is 6.46. The predicted molar refractivity (Wildman–Crippen MR) is 116 cm³/mol. The highest BCUT2D eigenvalue weighted by molar-refractivity contribution is 6.25. The Kier molecular flexibility index (Phi) is 5.30. The lowest BCUT2D eigenvalue weighted by molar-refractivity contribution is 0.104. The van der Waals surface area contributed by atoms with Crippen molar-refractivity contribution in [1.82, 2.24) is 9.38 Å². The molecule has 0 unspecified atom stereocenters. The van der Waals surface area contributed by atoms with Crippen molar-refractivity contribution in [2.75, 3.05) is 0 Å². The monoisotopic (exact) mass is 395 g/mol. The first-order chi connectivity index (χ1) is 14.6. The van der Waals surface area contributed by atoms with Gasteiger partial charge in [-0.2, -0.15) is 0 Å². The van der Waals surface area contributed by atoms with Crippen molar-refractivity contribution < 1.29 is 9.90 Å². The zero-order valence-corrected chi connectivity index (χ0v) is 15.8. The minimum atomic E-state index is -0.408. The summed E-state index contributed by atoms with van der Waals surface area (Å²) >= 11 is 0. The molecule has 0 saturated heterocycles. The van der Waals surface area contributed by atoms with Gasteiger partial charge in [0, 0.05) is 23.5 Å². The molecule has 2 heterocycles. The summed E-state index contributed by atoms with van der Waals surface area (Å²) in [4.78, 5) is 34.1. The van der Waals surface area contributed by atoms with Gasteiger partial charge in [0.15, 0.2) is 5.78 Å². The summed E-state index contributed by atoms with van der Waals surface area (Å²) in [7, 11) is 0. The van der Waals surface area contributed by atoms with E-state index in [0.717, 1.165) is 0 Å². The minimum Gasteiger partial charge on any atom is -0.506 e. The van der Waals surface area contributed by atoms with Gasteiger partial charge in [0.1, 0.15) is 17.1 Å². The molecule has 0 aliphatic carbocycles. The Hall–Kier alpha value is -4.32. The minimum absolute atomic E-state index is 0.0232. The third-order valence-electron chi connectivity index (χ3n) is 4.51. The number of Topliss-reactive ketones (excluding diaryl/α,β-unsaturated/α-hetero) is 1. The molecule has 2 aromatic heterocycles. The van der Waals surface area contributed by atoms with E-state index < -0.39 is 5.78 Å². The summed E-state index contributed by atoms with van der Waals surface area (Å²) in [6, 6.07) is 22.5. The number of pyridine rings is 1. The maximum Gasteiger partial charge on any atom is 0.283 e. The van der Waals surface area contributed by atoms with Gasteiger partial charge in [0.05, 0.1) is 11.8 Å². The molecule has 0 radical (unpaired) electrons. The fourth-order valence-corrected chi connectivity index (χ4v) is 2.96. The number of carbonyl (C=O) groups is 1. The number of aliphatic hydroxyl groups is 1. The lowest BCUT2D eigenvalue weighted by Crippen LogP contribution is -2.14. The van der Waals surface area contributed by atoms with Gasteiger partial charge in [-0.25, -0.2) is 9.98 Å². The van der Waals surface area contributed by atoms with Gasteiger partial charge < -0.3 is 5.11 Å². The third kappa shape index (κ3) is 3.79. The number of rotatable bonds is 5. The van der Waals surface area contributed by atoms with Crippen LogP contribution in [0, 0.1) is 0 Å². The van der Waals surface area contributed by atoms with Crippen LogP contribution in [-0.2, 0) is 0 Å². The molecular weight excluding hydrogens is 378 g/mol. The summed E-state index contributed by atoms with van der Waals surface area (Å²) in [6.45, 7) is 0. The van der Waals surface area contributed by atoms with E-state index in [-0.39, 0.29) is 22.6 Å². The lowest BCUT2D eigenvalue weighted by Gasteiger charge is -2.07. The summed E-state index contributed by atoms with van der Waals surface area (Å²) in [5.41, 5.74) is 1.02. The van der Waals surface area contributed by atoms with Crippen molar-refractivity contribution in [3.05, 3.63) is 118 Å². The van der Waals surface area contributed by atoms with Crippen molar-refractivity contribution in [2.24, 2.45) is 4.99 Å². The molecule has 4 aromatic rings. The molecule has 6 heteroatoms. The molecule has 6 nitrogen and oxygen atoms in total. The number of benzene rings is 2. The molecule has 0 saturated carbocycles. The molecule has 0 bridgehead atoms. The Morgan fingerprint density at radius 3 is 2.23 bits per heavy atom. The number of ketones is 1. The van der Waals surface area contributed by atoms with Crippen LogP contribution in [0.1, 0.15) is 15.9 Å². The second kappa shape index (κ2) is 8.36. The fraction of sp³-hybridized carbons (Fsp3) is 0. The Bertz CT molecular complexity index is 1320. The quantitative estimate of drug-likeness (QED) is 0.237. The molecule has 0 spiro atoms.